The number of hydrogen-bond donors (Lipinski definition) is 1. The predicted octanol–water partition coefficient (Wildman–Crippen LogP) is 3.52. The van der Waals surface area contributed by atoms with Crippen molar-refractivity contribution in [2.45, 2.75) is 37.7 Å². The van der Waals surface area contributed by atoms with Gasteiger partial charge in [0.2, 0.25) is 0 Å². The summed E-state index contributed by atoms with van der Waals surface area (Å²) in [7, 11) is 0. The zero-order valence-corrected chi connectivity index (χ0v) is 12.1. The molecule has 0 aliphatic carbocycles. The van der Waals surface area contributed by atoms with Crippen LogP contribution in [0.25, 0.3) is 0 Å². The number of hydrogen-bond acceptors (Lipinski definition) is 3. The van der Waals surface area contributed by atoms with Crippen molar-refractivity contribution < 1.29 is 19.4 Å². The van der Waals surface area contributed by atoms with E-state index in [0.717, 1.165) is 31.4 Å². The lowest BCUT2D eigenvalue weighted by Crippen LogP contribution is -2.23. The third kappa shape index (κ3) is 4.39. The molecule has 5 heteroatoms. The summed E-state index contributed by atoms with van der Waals surface area (Å²) in [6.45, 7) is 1.03. The van der Waals surface area contributed by atoms with Crippen LogP contribution in [0.15, 0.2) is 24.3 Å². The maximum absolute atomic E-state index is 10.9. The minimum Gasteiger partial charge on any atom is -0.494 e. The summed E-state index contributed by atoms with van der Waals surface area (Å²) >= 11 is 5.79. The second-order valence-electron chi connectivity index (χ2n) is 5.05. The number of ether oxygens (including phenoxy) is 2. The van der Waals surface area contributed by atoms with Gasteiger partial charge in [0.15, 0.2) is 5.60 Å². The second-order valence-corrected chi connectivity index (χ2v) is 5.49. The molecule has 1 atom stereocenters. The third-order valence-corrected chi connectivity index (χ3v) is 3.69. The van der Waals surface area contributed by atoms with E-state index >= 15 is 0 Å². The van der Waals surface area contributed by atoms with Crippen molar-refractivity contribution in [1.29, 1.82) is 0 Å². The molecular weight excluding hydrogens is 280 g/mol. The van der Waals surface area contributed by atoms with Gasteiger partial charge < -0.3 is 14.6 Å². The van der Waals surface area contributed by atoms with Gasteiger partial charge in [-0.15, -0.1) is 0 Å². The number of aliphatic carboxylic acids is 1. The first-order valence-electron chi connectivity index (χ1n) is 6.88. The molecule has 0 spiro atoms. The van der Waals surface area contributed by atoms with Gasteiger partial charge in [0.1, 0.15) is 5.75 Å². The molecule has 20 heavy (non-hydrogen) atoms. The molecule has 0 amide bonds. The van der Waals surface area contributed by atoms with E-state index in [-0.39, 0.29) is 0 Å². The van der Waals surface area contributed by atoms with Crippen molar-refractivity contribution >= 4 is 17.6 Å². The summed E-state index contributed by atoms with van der Waals surface area (Å²) in [4.78, 5) is 10.9. The molecular formula is C15H19ClO4. The van der Waals surface area contributed by atoms with E-state index in [4.69, 9.17) is 26.2 Å². The molecule has 1 aliphatic rings. The number of carbonyl (C=O) groups is 1. The minimum absolute atomic E-state index is 0.363. The monoisotopic (exact) mass is 298 g/mol. The normalized spacial score (nSPS) is 20.6. The van der Waals surface area contributed by atoms with Crippen LogP contribution in [-0.2, 0) is 9.53 Å². The number of halogens is 1. The molecule has 1 saturated heterocycles. The van der Waals surface area contributed by atoms with Crippen LogP contribution in [0.2, 0.25) is 5.02 Å². The van der Waals surface area contributed by atoms with Gasteiger partial charge >= 0.3 is 5.97 Å². The summed E-state index contributed by atoms with van der Waals surface area (Å²) in [6, 6.07) is 7.31. The minimum atomic E-state index is -0.861. The number of rotatable bonds is 9. The first kappa shape index (κ1) is 15.1. The van der Waals surface area contributed by atoms with E-state index in [1.807, 2.05) is 12.1 Å². The lowest BCUT2D eigenvalue weighted by atomic mass is 10.0. The maximum Gasteiger partial charge on any atom is 0.338 e. The van der Waals surface area contributed by atoms with Gasteiger partial charge in [-0.25, -0.2) is 4.79 Å². The molecule has 2 rings (SSSR count). The van der Waals surface area contributed by atoms with Gasteiger partial charge in [-0.3, -0.25) is 0 Å². The molecule has 0 bridgehead atoms. The van der Waals surface area contributed by atoms with Gasteiger partial charge in [-0.1, -0.05) is 24.4 Å². The van der Waals surface area contributed by atoms with Crippen molar-refractivity contribution in [2.24, 2.45) is 0 Å². The van der Waals surface area contributed by atoms with Crippen molar-refractivity contribution in [3.8, 4) is 5.75 Å². The van der Waals surface area contributed by atoms with Crippen molar-refractivity contribution in [2.75, 3.05) is 13.2 Å². The smallest absolute Gasteiger partial charge is 0.338 e. The van der Waals surface area contributed by atoms with Crippen LogP contribution in [0.3, 0.4) is 0 Å². The Morgan fingerprint density at radius 1 is 1.25 bits per heavy atom. The zero-order valence-electron chi connectivity index (χ0n) is 11.3. The van der Waals surface area contributed by atoms with Crippen LogP contribution < -0.4 is 4.74 Å². The molecule has 0 unspecified atom stereocenters. The van der Waals surface area contributed by atoms with E-state index in [9.17, 15) is 4.79 Å². The Bertz CT molecular complexity index is 440. The summed E-state index contributed by atoms with van der Waals surface area (Å²) < 4.78 is 10.6. The molecule has 110 valence electrons. The van der Waals surface area contributed by atoms with Crippen molar-refractivity contribution in [1.82, 2.24) is 0 Å². The number of carboxylic acid groups (broad SMARTS) is 1. The zero-order chi connectivity index (χ0) is 14.4. The Balaban J connectivity index is 1.50. The number of benzene rings is 1. The third-order valence-electron chi connectivity index (χ3n) is 3.44. The summed E-state index contributed by atoms with van der Waals surface area (Å²) in [5, 5.41) is 9.64. The highest BCUT2D eigenvalue weighted by Crippen LogP contribution is 2.33. The molecule has 1 fully saturated rings. The van der Waals surface area contributed by atoms with Gasteiger partial charge in [0.25, 0.3) is 0 Å². The average Bonchev–Trinajstić information content (AvgIpc) is 3.21. The van der Waals surface area contributed by atoms with Crippen LogP contribution in [0.1, 0.15) is 32.1 Å². The van der Waals surface area contributed by atoms with Crippen LogP contribution >= 0.6 is 11.6 Å². The number of epoxide rings is 1. The highest BCUT2D eigenvalue weighted by molar-refractivity contribution is 6.30. The van der Waals surface area contributed by atoms with Crippen molar-refractivity contribution in [3.05, 3.63) is 29.3 Å². The van der Waals surface area contributed by atoms with Gasteiger partial charge in [0, 0.05) is 5.02 Å². The van der Waals surface area contributed by atoms with Crippen molar-refractivity contribution in [3.63, 3.8) is 0 Å². The highest BCUT2D eigenvalue weighted by atomic mass is 35.5. The summed E-state index contributed by atoms with van der Waals surface area (Å²) in [5.41, 5.74) is -0.861. The summed E-state index contributed by atoms with van der Waals surface area (Å²) in [6.07, 6.45) is 4.49. The van der Waals surface area contributed by atoms with E-state index in [0.29, 0.717) is 24.7 Å². The van der Waals surface area contributed by atoms with Crippen LogP contribution in [-0.4, -0.2) is 29.9 Å². The molecule has 1 aromatic carbocycles. The molecule has 1 heterocycles. The highest BCUT2D eigenvalue weighted by Gasteiger charge is 2.51. The molecule has 4 nitrogen and oxygen atoms in total. The first-order chi connectivity index (χ1) is 9.62. The van der Waals surface area contributed by atoms with Crippen LogP contribution in [0.4, 0.5) is 0 Å². The molecule has 0 aromatic heterocycles. The standard InChI is InChI=1S/C15H19ClO4/c16-12-5-7-13(8-6-12)19-10-4-2-1-3-9-15(11-20-15)14(17)18/h5-8H,1-4,9-11H2,(H,17,18)/t15-/m0/s1. The quantitative estimate of drug-likeness (QED) is 0.560. The van der Waals surface area contributed by atoms with Gasteiger partial charge in [-0.2, -0.15) is 0 Å². The van der Waals surface area contributed by atoms with E-state index < -0.39 is 11.6 Å². The molecule has 1 aliphatic heterocycles. The molecule has 0 radical (unpaired) electrons. The van der Waals surface area contributed by atoms with E-state index in [1.54, 1.807) is 12.1 Å². The number of carboxylic acids is 1. The Morgan fingerprint density at radius 3 is 2.50 bits per heavy atom. The van der Waals surface area contributed by atoms with Gasteiger partial charge in [0.05, 0.1) is 13.2 Å². The lowest BCUT2D eigenvalue weighted by Gasteiger charge is -2.07. The van der Waals surface area contributed by atoms with Crippen LogP contribution in [0.5, 0.6) is 5.75 Å². The fourth-order valence-electron chi connectivity index (χ4n) is 2.05. The summed E-state index contributed by atoms with van der Waals surface area (Å²) in [5.74, 6) is -0.00539. The topological polar surface area (TPSA) is 59.1 Å². The lowest BCUT2D eigenvalue weighted by molar-refractivity contribution is -0.143. The molecule has 1 N–H and O–H groups in total. The first-order valence-corrected chi connectivity index (χ1v) is 7.26. The SMILES string of the molecule is O=C(O)[C@]1(CCCCCCOc2ccc(Cl)cc2)CO1. The average molecular weight is 299 g/mol. The number of unbranched alkanes of at least 4 members (excludes halogenated alkanes) is 3. The maximum atomic E-state index is 10.9. The van der Waals surface area contributed by atoms with E-state index in [1.165, 1.54) is 0 Å². The largest absolute Gasteiger partial charge is 0.494 e. The second kappa shape index (κ2) is 6.95. The molecule has 0 saturated carbocycles. The fraction of sp³-hybridized carbons (Fsp3) is 0.533. The fourth-order valence-corrected chi connectivity index (χ4v) is 2.17. The van der Waals surface area contributed by atoms with Crippen LogP contribution in [0, 0.1) is 0 Å². The predicted molar refractivity (Wildman–Crippen MR) is 76.4 cm³/mol. The Labute approximate surface area is 123 Å². The Kier molecular flexibility index (Phi) is 5.26. The Hall–Kier alpha value is -1.26. The Morgan fingerprint density at radius 2 is 1.90 bits per heavy atom. The van der Waals surface area contributed by atoms with Gasteiger partial charge in [-0.05, 0) is 43.5 Å². The molecule has 1 aromatic rings. The van der Waals surface area contributed by atoms with E-state index in [2.05, 4.69) is 0 Å².